The number of likely N-dealkylation sites (tertiary alicyclic amines) is 1. The van der Waals surface area contributed by atoms with Crippen LogP contribution in [0.15, 0.2) is 0 Å². The molecule has 2 atom stereocenters. The molecule has 1 aliphatic carbocycles. The van der Waals surface area contributed by atoms with E-state index in [1.165, 1.54) is 4.90 Å². The molecule has 2 fully saturated rings. The van der Waals surface area contributed by atoms with E-state index < -0.39 is 22.3 Å². The van der Waals surface area contributed by atoms with Gasteiger partial charge >= 0.3 is 5.97 Å². The number of carbonyl (C=O) groups is 2. The van der Waals surface area contributed by atoms with Crippen molar-refractivity contribution >= 4 is 35.1 Å². The molecular formula is C10H13Cl2NO3. The Hall–Kier alpha value is -0.480. The summed E-state index contributed by atoms with van der Waals surface area (Å²) in [6, 6.07) is -0.703. The number of hydrogen-bond acceptors (Lipinski definition) is 2. The maximum atomic E-state index is 12.0. The van der Waals surface area contributed by atoms with E-state index in [0.29, 0.717) is 19.4 Å². The summed E-state index contributed by atoms with van der Waals surface area (Å²) in [6.07, 6.45) is 2.64. The quantitative estimate of drug-likeness (QED) is 0.773. The van der Waals surface area contributed by atoms with Gasteiger partial charge in [-0.15, -0.1) is 23.2 Å². The molecule has 1 amide bonds. The Kier molecular flexibility index (Phi) is 3.05. The zero-order valence-electron chi connectivity index (χ0n) is 8.66. The molecule has 2 aliphatic rings. The van der Waals surface area contributed by atoms with Gasteiger partial charge < -0.3 is 10.0 Å². The molecular weight excluding hydrogens is 253 g/mol. The fourth-order valence-electron chi connectivity index (χ4n) is 2.13. The van der Waals surface area contributed by atoms with Crippen LogP contribution in [-0.2, 0) is 9.59 Å². The van der Waals surface area contributed by atoms with Gasteiger partial charge in [0.1, 0.15) is 10.4 Å². The van der Waals surface area contributed by atoms with Crippen LogP contribution in [0.4, 0.5) is 0 Å². The van der Waals surface area contributed by atoms with Crippen LogP contribution in [-0.4, -0.2) is 38.8 Å². The molecule has 2 rings (SSSR count). The highest BCUT2D eigenvalue weighted by molar-refractivity contribution is 6.52. The van der Waals surface area contributed by atoms with Gasteiger partial charge in [0.15, 0.2) is 0 Å². The van der Waals surface area contributed by atoms with Crippen molar-refractivity contribution in [1.29, 1.82) is 0 Å². The molecule has 1 aliphatic heterocycles. The van der Waals surface area contributed by atoms with E-state index in [1.54, 1.807) is 0 Å². The predicted molar refractivity (Wildman–Crippen MR) is 59.5 cm³/mol. The van der Waals surface area contributed by atoms with Gasteiger partial charge in [0, 0.05) is 6.54 Å². The Morgan fingerprint density at radius 3 is 2.44 bits per heavy atom. The maximum absolute atomic E-state index is 12.0. The molecule has 6 heteroatoms. The second-order valence-electron chi connectivity index (χ2n) is 4.40. The highest BCUT2D eigenvalue weighted by Gasteiger charge is 2.58. The molecule has 1 heterocycles. The summed E-state index contributed by atoms with van der Waals surface area (Å²) >= 11 is 11.6. The lowest BCUT2D eigenvalue weighted by atomic mass is 10.0. The fraction of sp³-hybridized carbons (Fsp3) is 0.800. The summed E-state index contributed by atoms with van der Waals surface area (Å²) in [5, 5.41) is 9.03. The van der Waals surface area contributed by atoms with Crippen LogP contribution in [0.2, 0.25) is 0 Å². The number of rotatable bonds is 2. The van der Waals surface area contributed by atoms with Crippen LogP contribution in [0.3, 0.4) is 0 Å². The van der Waals surface area contributed by atoms with Crippen molar-refractivity contribution < 1.29 is 14.7 Å². The van der Waals surface area contributed by atoms with E-state index in [-0.39, 0.29) is 5.91 Å². The third-order valence-corrected chi connectivity index (χ3v) is 4.03. The summed E-state index contributed by atoms with van der Waals surface area (Å²) < 4.78 is -0.975. The van der Waals surface area contributed by atoms with Crippen molar-refractivity contribution in [1.82, 2.24) is 4.90 Å². The zero-order valence-corrected chi connectivity index (χ0v) is 10.2. The first-order chi connectivity index (χ1) is 7.43. The number of hydrogen-bond donors (Lipinski definition) is 1. The topological polar surface area (TPSA) is 57.6 Å². The number of piperidine rings is 1. The van der Waals surface area contributed by atoms with Crippen molar-refractivity contribution in [2.75, 3.05) is 6.54 Å². The lowest BCUT2D eigenvalue weighted by Gasteiger charge is -2.33. The van der Waals surface area contributed by atoms with Crippen molar-refractivity contribution in [3.05, 3.63) is 0 Å². The number of nitrogens with zero attached hydrogens (tertiary/aromatic N) is 1. The Bertz CT molecular complexity index is 332. The van der Waals surface area contributed by atoms with Gasteiger partial charge in [0.25, 0.3) is 0 Å². The SMILES string of the molecule is O=C(O)[C@H]1CCCCN1C(=O)C1CC1(Cl)Cl. The van der Waals surface area contributed by atoms with E-state index >= 15 is 0 Å². The van der Waals surface area contributed by atoms with Crippen molar-refractivity contribution in [2.45, 2.75) is 36.1 Å². The van der Waals surface area contributed by atoms with Gasteiger partial charge in [0.05, 0.1) is 5.92 Å². The van der Waals surface area contributed by atoms with E-state index in [2.05, 4.69) is 0 Å². The lowest BCUT2D eigenvalue weighted by Crippen LogP contribution is -2.49. The average Bonchev–Trinajstić information content (AvgIpc) is 2.86. The van der Waals surface area contributed by atoms with Gasteiger partial charge in [0.2, 0.25) is 5.91 Å². The minimum absolute atomic E-state index is 0.211. The molecule has 90 valence electrons. The van der Waals surface area contributed by atoms with Crippen LogP contribution >= 0.6 is 23.2 Å². The third kappa shape index (κ3) is 2.13. The number of carboxylic acids is 1. The molecule has 0 aromatic rings. The largest absolute Gasteiger partial charge is 0.480 e. The van der Waals surface area contributed by atoms with E-state index in [4.69, 9.17) is 28.3 Å². The van der Waals surface area contributed by atoms with Gasteiger partial charge in [-0.05, 0) is 25.7 Å². The average molecular weight is 266 g/mol. The van der Waals surface area contributed by atoms with Crippen LogP contribution in [0.25, 0.3) is 0 Å². The minimum Gasteiger partial charge on any atom is -0.480 e. The highest BCUT2D eigenvalue weighted by Crippen LogP contribution is 2.54. The molecule has 0 aromatic carbocycles. The number of alkyl halides is 2. The molecule has 0 bridgehead atoms. The van der Waals surface area contributed by atoms with Gasteiger partial charge in [-0.25, -0.2) is 4.79 Å². The lowest BCUT2D eigenvalue weighted by molar-refractivity contribution is -0.152. The molecule has 1 N–H and O–H groups in total. The van der Waals surface area contributed by atoms with Gasteiger partial charge in [-0.3, -0.25) is 4.79 Å². The normalized spacial score (nSPS) is 32.2. The minimum atomic E-state index is -0.975. The number of carboxylic acid groups (broad SMARTS) is 1. The van der Waals surface area contributed by atoms with Crippen molar-refractivity contribution in [3.8, 4) is 0 Å². The Balaban J connectivity index is 2.06. The predicted octanol–water partition coefficient (Wildman–Crippen LogP) is 1.65. The van der Waals surface area contributed by atoms with E-state index in [9.17, 15) is 9.59 Å². The Morgan fingerprint density at radius 2 is 1.94 bits per heavy atom. The standard InChI is InChI=1S/C10H13Cl2NO3/c11-10(12)5-6(10)8(14)13-4-2-1-3-7(13)9(15)16/h6-7H,1-5H2,(H,15,16)/t6?,7-/m1/s1. The van der Waals surface area contributed by atoms with Crippen LogP contribution in [0.5, 0.6) is 0 Å². The third-order valence-electron chi connectivity index (χ3n) is 3.19. The number of carbonyl (C=O) groups excluding carboxylic acids is 1. The summed E-state index contributed by atoms with van der Waals surface area (Å²) in [4.78, 5) is 24.4. The van der Waals surface area contributed by atoms with Gasteiger partial charge in [-0.1, -0.05) is 0 Å². The van der Waals surface area contributed by atoms with E-state index in [1.807, 2.05) is 0 Å². The summed E-state index contributed by atoms with van der Waals surface area (Å²) in [7, 11) is 0. The monoisotopic (exact) mass is 265 g/mol. The Morgan fingerprint density at radius 1 is 1.31 bits per heavy atom. The molecule has 0 radical (unpaired) electrons. The van der Waals surface area contributed by atoms with Gasteiger partial charge in [-0.2, -0.15) is 0 Å². The molecule has 1 saturated heterocycles. The first-order valence-corrected chi connectivity index (χ1v) is 6.10. The second-order valence-corrected chi connectivity index (χ2v) is 5.94. The van der Waals surface area contributed by atoms with Crippen molar-refractivity contribution in [2.24, 2.45) is 5.92 Å². The van der Waals surface area contributed by atoms with Crippen LogP contribution in [0.1, 0.15) is 25.7 Å². The summed E-state index contributed by atoms with van der Waals surface area (Å²) in [5.41, 5.74) is 0. The fourth-order valence-corrected chi connectivity index (χ4v) is 2.63. The smallest absolute Gasteiger partial charge is 0.326 e. The second kappa shape index (κ2) is 4.08. The summed E-state index contributed by atoms with van der Waals surface area (Å²) in [6.45, 7) is 0.496. The first kappa shape index (κ1) is 12.0. The molecule has 1 unspecified atom stereocenters. The van der Waals surface area contributed by atoms with Crippen LogP contribution < -0.4 is 0 Å². The van der Waals surface area contributed by atoms with E-state index in [0.717, 1.165) is 12.8 Å². The number of halogens is 2. The molecule has 4 nitrogen and oxygen atoms in total. The number of aliphatic carboxylic acids is 1. The maximum Gasteiger partial charge on any atom is 0.326 e. The highest BCUT2D eigenvalue weighted by atomic mass is 35.5. The van der Waals surface area contributed by atoms with Crippen LogP contribution in [0, 0.1) is 5.92 Å². The summed E-state index contributed by atoms with van der Waals surface area (Å²) in [5.74, 6) is -1.57. The first-order valence-electron chi connectivity index (χ1n) is 5.34. The Labute approximate surface area is 103 Å². The molecule has 1 saturated carbocycles. The molecule has 0 spiro atoms. The number of amides is 1. The molecule has 16 heavy (non-hydrogen) atoms. The zero-order chi connectivity index (χ0) is 11.9. The van der Waals surface area contributed by atoms with Crippen molar-refractivity contribution in [3.63, 3.8) is 0 Å². The molecule has 0 aromatic heterocycles.